The van der Waals surface area contributed by atoms with E-state index in [1.54, 1.807) is 0 Å². The van der Waals surface area contributed by atoms with Crippen LogP contribution in [-0.4, -0.2) is 14.5 Å². The Kier molecular flexibility index (Phi) is 8.99. The summed E-state index contributed by atoms with van der Waals surface area (Å²) >= 11 is 1.86. The zero-order valence-corrected chi connectivity index (χ0v) is 37.4. The third kappa shape index (κ3) is 6.21. The predicted molar refractivity (Wildman–Crippen MR) is 268 cm³/mol. The van der Waals surface area contributed by atoms with E-state index in [-0.39, 0.29) is 5.54 Å². The quantitative estimate of drug-likeness (QED) is 0.150. The summed E-state index contributed by atoms with van der Waals surface area (Å²) in [6, 6.07) is 62.5. The van der Waals surface area contributed by atoms with Crippen molar-refractivity contribution in [3.63, 3.8) is 0 Å². The molecule has 0 fully saturated rings. The van der Waals surface area contributed by atoms with Gasteiger partial charge in [0.25, 0.3) is 0 Å². The molecule has 11 aromatic rings. The molecule has 0 saturated heterocycles. The average Bonchev–Trinajstić information content (AvgIpc) is 3.86. The molecule has 5 heteroatoms. The van der Waals surface area contributed by atoms with Gasteiger partial charge in [-0.25, -0.2) is 9.97 Å². The Balaban J connectivity index is 1.09. The Morgan fingerprint density at radius 1 is 0.516 bits per heavy atom. The number of hydrogen-bond donors (Lipinski definition) is 0. The molecule has 308 valence electrons. The Hall–Kier alpha value is -7.21. The van der Waals surface area contributed by atoms with E-state index in [9.17, 15) is 0 Å². The first-order chi connectivity index (χ1) is 31.4. The van der Waals surface area contributed by atoms with Gasteiger partial charge in [0.2, 0.25) is 11.6 Å². The molecular formula is C59H47N4S+. The standard InChI is InChI=1S/C59H47N4S/c1-5-59(6-2)36-44-21-20-41(30-47(44)53-19-13-14-26-62(53)59)42-23-25-54-48(31-42)49-33-50-46-24-22-43(45-28-37(3)27-38(4)29-45)32-56(46)64-57(50)35-55(49)63(54)58-60-51(39-15-9-7-10-16-39)34-52(61-58)40-17-11-8-12-18-40/h7-35H,5-6,36H2,1-4H3/q+1. The fraction of sp³-hybridized carbons (Fsp3) is 0.136. The Labute approximate surface area is 377 Å². The van der Waals surface area contributed by atoms with Crippen LogP contribution in [0.15, 0.2) is 176 Å². The molecule has 0 bridgehead atoms. The van der Waals surface area contributed by atoms with Gasteiger partial charge in [0, 0.05) is 73.5 Å². The monoisotopic (exact) mass is 843 g/mol. The molecule has 7 aromatic carbocycles. The first-order valence-corrected chi connectivity index (χ1v) is 23.4. The summed E-state index contributed by atoms with van der Waals surface area (Å²) in [5, 5.41) is 4.92. The molecule has 1 aliphatic heterocycles. The molecule has 5 heterocycles. The molecule has 4 aromatic heterocycles. The lowest BCUT2D eigenvalue weighted by molar-refractivity contribution is -0.758. The number of hydrogen-bond acceptors (Lipinski definition) is 3. The largest absolute Gasteiger partial charge is 0.278 e. The van der Waals surface area contributed by atoms with E-state index >= 15 is 0 Å². The highest BCUT2D eigenvalue weighted by Crippen LogP contribution is 2.44. The zero-order valence-electron chi connectivity index (χ0n) is 36.6. The minimum atomic E-state index is 0.0878. The number of fused-ring (bicyclic) bond motifs is 9. The van der Waals surface area contributed by atoms with Gasteiger partial charge in [0.15, 0.2) is 11.7 Å². The van der Waals surface area contributed by atoms with Crippen LogP contribution in [0.1, 0.15) is 43.4 Å². The molecule has 0 unspecified atom stereocenters. The molecule has 0 radical (unpaired) electrons. The maximum absolute atomic E-state index is 5.38. The van der Waals surface area contributed by atoms with E-state index in [1.165, 1.54) is 81.1 Å². The van der Waals surface area contributed by atoms with Crippen LogP contribution in [0.2, 0.25) is 0 Å². The van der Waals surface area contributed by atoms with E-state index in [2.05, 4.69) is 213 Å². The molecule has 0 amide bonds. The maximum atomic E-state index is 5.38. The SMILES string of the molecule is CCC1(CC)Cc2ccc(-c3ccc4c(c3)c3cc5c(cc3n4-c3nc(-c4ccccc4)cc(-c4ccccc4)n3)sc3cc(-c4cc(C)cc(C)c4)ccc35)cc2-c2cccc[n+]21. The summed E-state index contributed by atoms with van der Waals surface area (Å²) in [6.45, 7) is 9.03. The third-order valence-electron chi connectivity index (χ3n) is 13.9. The summed E-state index contributed by atoms with van der Waals surface area (Å²) in [6.07, 6.45) is 5.51. The summed E-state index contributed by atoms with van der Waals surface area (Å²) in [4.78, 5) is 10.8. The van der Waals surface area contributed by atoms with Crippen molar-refractivity contribution in [3.05, 3.63) is 193 Å². The maximum Gasteiger partial charge on any atom is 0.235 e. The molecule has 4 nitrogen and oxygen atoms in total. The number of thiophene rings is 1. The highest BCUT2D eigenvalue weighted by Gasteiger charge is 2.43. The Bertz CT molecular complexity index is 3550. The van der Waals surface area contributed by atoms with Crippen LogP contribution in [0.25, 0.3) is 104 Å². The van der Waals surface area contributed by atoms with Crippen molar-refractivity contribution in [1.29, 1.82) is 0 Å². The van der Waals surface area contributed by atoms with E-state index in [0.717, 1.165) is 52.8 Å². The van der Waals surface area contributed by atoms with Gasteiger partial charge in [-0.3, -0.25) is 4.57 Å². The number of aryl methyl sites for hydroxylation is 2. The van der Waals surface area contributed by atoms with Crippen molar-refractivity contribution in [1.82, 2.24) is 14.5 Å². The van der Waals surface area contributed by atoms with Crippen LogP contribution < -0.4 is 4.57 Å². The van der Waals surface area contributed by atoms with Crippen molar-refractivity contribution in [3.8, 4) is 62.0 Å². The fourth-order valence-corrected chi connectivity index (χ4v) is 11.7. The third-order valence-corrected chi connectivity index (χ3v) is 15.0. The van der Waals surface area contributed by atoms with Crippen LogP contribution in [-0.2, 0) is 12.0 Å². The second-order valence-electron chi connectivity index (χ2n) is 17.7. The Morgan fingerprint density at radius 3 is 1.86 bits per heavy atom. The van der Waals surface area contributed by atoms with E-state index < -0.39 is 0 Å². The molecule has 0 saturated carbocycles. The minimum Gasteiger partial charge on any atom is -0.278 e. The normalized spacial score (nSPS) is 13.2. The summed E-state index contributed by atoms with van der Waals surface area (Å²) in [5.74, 6) is 0.656. The molecule has 12 rings (SSSR count). The summed E-state index contributed by atoms with van der Waals surface area (Å²) in [5.41, 5.74) is 17.7. The topological polar surface area (TPSA) is 34.6 Å². The number of aromatic nitrogens is 4. The smallest absolute Gasteiger partial charge is 0.235 e. The summed E-state index contributed by atoms with van der Waals surface area (Å²) in [7, 11) is 0. The zero-order chi connectivity index (χ0) is 43.1. The van der Waals surface area contributed by atoms with E-state index in [0.29, 0.717) is 5.95 Å². The first kappa shape index (κ1) is 38.5. The highest BCUT2D eigenvalue weighted by molar-refractivity contribution is 7.26. The molecule has 0 spiro atoms. The highest BCUT2D eigenvalue weighted by atomic mass is 32.1. The van der Waals surface area contributed by atoms with Gasteiger partial charge in [-0.15, -0.1) is 11.3 Å². The lowest BCUT2D eigenvalue weighted by Gasteiger charge is -2.33. The van der Waals surface area contributed by atoms with Crippen molar-refractivity contribution in [2.75, 3.05) is 0 Å². The number of rotatable bonds is 7. The lowest BCUT2D eigenvalue weighted by Crippen LogP contribution is -2.60. The number of pyridine rings is 1. The van der Waals surface area contributed by atoms with Crippen LogP contribution in [0, 0.1) is 13.8 Å². The van der Waals surface area contributed by atoms with Crippen molar-refractivity contribution in [2.24, 2.45) is 0 Å². The molecule has 64 heavy (non-hydrogen) atoms. The average molecular weight is 844 g/mol. The predicted octanol–water partition coefficient (Wildman–Crippen LogP) is 15.3. The molecule has 1 aliphatic rings. The first-order valence-electron chi connectivity index (χ1n) is 22.5. The lowest BCUT2D eigenvalue weighted by atomic mass is 9.78. The molecular weight excluding hydrogens is 797 g/mol. The van der Waals surface area contributed by atoms with Gasteiger partial charge in [0.05, 0.1) is 28.0 Å². The van der Waals surface area contributed by atoms with Gasteiger partial charge in [-0.1, -0.05) is 134 Å². The van der Waals surface area contributed by atoms with Crippen molar-refractivity contribution in [2.45, 2.75) is 52.5 Å². The van der Waals surface area contributed by atoms with E-state index in [4.69, 9.17) is 9.97 Å². The van der Waals surface area contributed by atoms with Gasteiger partial charge < -0.3 is 0 Å². The Morgan fingerprint density at radius 2 is 1.14 bits per heavy atom. The van der Waals surface area contributed by atoms with Crippen molar-refractivity contribution < 1.29 is 4.57 Å². The van der Waals surface area contributed by atoms with Gasteiger partial charge >= 0.3 is 0 Å². The van der Waals surface area contributed by atoms with Crippen molar-refractivity contribution >= 4 is 53.3 Å². The second-order valence-corrected chi connectivity index (χ2v) is 18.8. The number of benzene rings is 7. The van der Waals surface area contributed by atoms with Crippen LogP contribution in [0.4, 0.5) is 0 Å². The minimum absolute atomic E-state index is 0.0878. The van der Waals surface area contributed by atoms with Crippen LogP contribution in [0.3, 0.4) is 0 Å². The second kappa shape index (κ2) is 15.0. The fourth-order valence-electron chi connectivity index (χ4n) is 10.6. The number of nitrogens with zero attached hydrogens (tertiary/aromatic N) is 4. The molecule has 0 N–H and O–H groups in total. The van der Waals surface area contributed by atoms with Crippen LogP contribution in [0.5, 0.6) is 0 Å². The van der Waals surface area contributed by atoms with Gasteiger partial charge in [-0.2, -0.15) is 4.57 Å². The molecule has 0 aliphatic carbocycles. The van der Waals surface area contributed by atoms with Gasteiger partial charge in [0.1, 0.15) is 0 Å². The summed E-state index contributed by atoms with van der Waals surface area (Å²) < 4.78 is 7.37. The van der Waals surface area contributed by atoms with Crippen LogP contribution >= 0.6 is 11.3 Å². The van der Waals surface area contributed by atoms with Gasteiger partial charge in [-0.05, 0) is 90.2 Å². The molecule has 0 atom stereocenters. The van der Waals surface area contributed by atoms with E-state index in [1.807, 2.05) is 11.3 Å².